The Labute approximate surface area is 234 Å². The van der Waals surface area contributed by atoms with E-state index >= 15 is 0 Å². The summed E-state index contributed by atoms with van der Waals surface area (Å²) in [5.74, 6) is 1.83. The van der Waals surface area contributed by atoms with Gasteiger partial charge in [0.15, 0.2) is 0 Å². The number of amides is 1. The standard InChI is InChI=1S/C33H32ClN3O2/c1-24-22-28(17-18-29(24)34)39-21-20-37-31-11-6-5-10-30(31)36-32(37)12-7-19-35-33(38)23-25-13-15-27(16-14-25)26-8-3-2-4-9-26/h2-6,8-11,13-18,22H,7,12,19-21,23H2,1H3,(H,35,38). The quantitative estimate of drug-likeness (QED) is 0.184. The molecule has 1 N–H and O–H groups in total. The molecule has 1 aromatic heterocycles. The number of hydrogen-bond donors (Lipinski definition) is 1. The van der Waals surface area contributed by atoms with Gasteiger partial charge in [0.05, 0.1) is 24.0 Å². The summed E-state index contributed by atoms with van der Waals surface area (Å²) in [6, 6.07) is 32.3. The summed E-state index contributed by atoms with van der Waals surface area (Å²) in [6.07, 6.45) is 1.94. The lowest BCUT2D eigenvalue weighted by molar-refractivity contribution is -0.120. The van der Waals surface area contributed by atoms with Gasteiger partial charge in [-0.05, 0) is 65.9 Å². The van der Waals surface area contributed by atoms with Crippen molar-refractivity contribution < 1.29 is 9.53 Å². The fraction of sp³-hybridized carbons (Fsp3) is 0.212. The first kappa shape index (κ1) is 26.5. The number of para-hydroxylation sites is 2. The Morgan fingerprint density at radius 2 is 1.67 bits per heavy atom. The molecule has 0 spiro atoms. The van der Waals surface area contributed by atoms with Gasteiger partial charge in [0.1, 0.15) is 18.2 Å². The molecule has 0 radical (unpaired) electrons. The van der Waals surface area contributed by atoms with Crippen molar-refractivity contribution in [3.8, 4) is 16.9 Å². The van der Waals surface area contributed by atoms with E-state index in [1.54, 1.807) is 0 Å². The number of halogens is 1. The molecule has 5 rings (SSSR count). The fourth-order valence-electron chi connectivity index (χ4n) is 4.70. The number of nitrogens with one attached hydrogen (secondary N) is 1. The Balaban J connectivity index is 1.13. The van der Waals surface area contributed by atoms with Crippen LogP contribution in [0, 0.1) is 6.92 Å². The van der Waals surface area contributed by atoms with Crippen LogP contribution in [0.4, 0.5) is 0 Å². The van der Waals surface area contributed by atoms with Crippen molar-refractivity contribution in [2.45, 2.75) is 32.7 Å². The van der Waals surface area contributed by atoms with Gasteiger partial charge in [-0.2, -0.15) is 0 Å². The van der Waals surface area contributed by atoms with Crippen molar-refractivity contribution in [3.63, 3.8) is 0 Å². The molecule has 0 aliphatic rings. The van der Waals surface area contributed by atoms with Crippen LogP contribution in [0.25, 0.3) is 22.2 Å². The van der Waals surface area contributed by atoms with Crippen LogP contribution in [0.1, 0.15) is 23.4 Å². The molecule has 0 unspecified atom stereocenters. The van der Waals surface area contributed by atoms with Crippen molar-refractivity contribution >= 4 is 28.5 Å². The van der Waals surface area contributed by atoms with E-state index in [2.05, 4.69) is 40.2 Å². The molecule has 0 saturated heterocycles. The number of carbonyl (C=O) groups is 1. The highest BCUT2D eigenvalue weighted by molar-refractivity contribution is 6.31. The molecule has 0 aliphatic carbocycles. The third kappa shape index (κ3) is 6.87. The van der Waals surface area contributed by atoms with E-state index < -0.39 is 0 Å². The van der Waals surface area contributed by atoms with Crippen molar-refractivity contribution in [1.29, 1.82) is 0 Å². The molecule has 0 saturated carbocycles. The lowest BCUT2D eigenvalue weighted by Crippen LogP contribution is -2.26. The van der Waals surface area contributed by atoms with Gasteiger partial charge in [-0.25, -0.2) is 4.98 Å². The molecule has 5 aromatic rings. The molecule has 1 heterocycles. The zero-order valence-electron chi connectivity index (χ0n) is 22.1. The van der Waals surface area contributed by atoms with Crippen molar-refractivity contribution in [2.75, 3.05) is 13.2 Å². The lowest BCUT2D eigenvalue weighted by Gasteiger charge is -2.12. The van der Waals surface area contributed by atoms with E-state index in [0.717, 1.165) is 57.2 Å². The van der Waals surface area contributed by atoms with Crippen LogP contribution >= 0.6 is 11.6 Å². The summed E-state index contributed by atoms with van der Waals surface area (Å²) in [5.41, 5.74) is 6.38. The van der Waals surface area contributed by atoms with Crippen LogP contribution < -0.4 is 10.1 Å². The Kier molecular flexibility index (Phi) is 8.59. The third-order valence-corrected chi connectivity index (χ3v) is 7.20. The monoisotopic (exact) mass is 537 g/mol. The van der Waals surface area contributed by atoms with E-state index in [1.165, 1.54) is 5.56 Å². The normalized spacial score (nSPS) is 11.0. The van der Waals surface area contributed by atoms with Crippen LogP contribution in [-0.4, -0.2) is 28.6 Å². The number of aromatic nitrogens is 2. The van der Waals surface area contributed by atoms with Gasteiger partial charge in [-0.3, -0.25) is 4.79 Å². The highest BCUT2D eigenvalue weighted by Crippen LogP contribution is 2.22. The summed E-state index contributed by atoms with van der Waals surface area (Å²) < 4.78 is 8.22. The summed E-state index contributed by atoms with van der Waals surface area (Å²) in [5, 5.41) is 3.80. The smallest absolute Gasteiger partial charge is 0.224 e. The van der Waals surface area contributed by atoms with Gasteiger partial charge in [0.2, 0.25) is 5.91 Å². The Morgan fingerprint density at radius 1 is 0.923 bits per heavy atom. The van der Waals surface area contributed by atoms with E-state index in [0.29, 0.717) is 26.1 Å². The molecular weight excluding hydrogens is 506 g/mol. The maximum atomic E-state index is 12.6. The molecule has 6 heteroatoms. The minimum Gasteiger partial charge on any atom is -0.492 e. The average molecular weight is 538 g/mol. The SMILES string of the molecule is Cc1cc(OCCn2c(CCCNC(=O)Cc3ccc(-c4ccccc4)cc3)nc3ccccc32)ccc1Cl. The first-order chi connectivity index (χ1) is 19.1. The molecule has 1 amide bonds. The first-order valence-corrected chi connectivity index (χ1v) is 13.7. The zero-order valence-corrected chi connectivity index (χ0v) is 22.8. The van der Waals surface area contributed by atoms with E-state index in [9.17, 15) is 4.79 Å². The number of aryl methyl sites for hydroxylation is 2. The second-order valence-corrected chi connectivity index (χ2v) is 10.0. The van der Waals surface area contributed by atoms with Gasteiger partial charge in [-0.15, -0.1) is 0 Å². The van der Waals surface area contributed by atoms with Crippen molar-refractivity contribution in [2.24, 2.45) is 0 Å². The predicted molar refractivity (Wildman–Crippen MR) is 158 cm³/mol. The molecule has 198 valence electrons. The molecular formula is C33H32ClN3O2. The maximum Gasteiger partial charge on any atom is 0.224 e. The Morgan fingerprint density at radius 3 is 2.46 bits per heavy atom. The van der Waals surface area contributed by atoms with Gasteiger partial charge in [0, 0.05) is 18.0 Å². The predicted octanol–water partition coefficient (Wildman–Crippen LogP) is 7.04. The summed E-state index contributed by atoms with van der Waals surface area (Å²) in [7, 11) is 0. The van der Waals surface area contributed by atoms with Gasteiger partial charge in [0.25, 0.3) is 0 Å². The Bertz CT molecular complexity index is 1550. The topological polar surface area (TPSA) is 56.1 Å². The molecule has 0 fully saturated rings. The highest BCUT2D eigenvalue weighted by Gasteiger charge is 2.11. The summed E-state index contributed by atoms with van der Waals surface area (Å²) in [6.45, 7) is 3.78. The number of hydrogen-bond acceptors (Lipinski definition) is 3. The number of nitrogens with zero attached hydrogens (tertiary/aromatic N) is 2. The van der Waals surface area contributed by atoms with Gasteiger partial charge < -0.3 is 14.6 Å². The molecule has 0 bridgehead atoms. The van der Waals surface area contributed by atoms with Crippen LogP contribution in [0.2, 0.25) is 5.02 Å². The van der Waals surface area contributed by atoms with Crippen LogP contribution in [-0.2, 0) is 24.2 Å². The van der Waals surface area contributed by atoms with Crippen LogP contribution in [0.15, 0.2) is 97.1 Å². The van der Waals surface area contributed by atoms with Gasteiger partial charge in [-0.1, -0.05) is 78.3 Å². The summed E-state index contributed by atoms with van der Waals surface area (Å²) in [4.78, 5) is 17.4. The van der Waals surface area contributed by atoms with Crippen molar-refractivity contribution in [3.05, 3.63) is 119 Å². The largest absolute Gasteiger partial charge is 0.492 e. The maximum absolute atomic E-state index is 12.6. The van der Waals surface area contributed by atoms with Crippen LogP contribution in [0.5, 0.6) is 5.75 Å². The van der Waals surface area contributed by atoms with E-state index in [-0.39, 0.29) is 5.91 Å². The minimum absolute atomic E-state index is 0.0302. The number of benzene rings is 4. The van der Waals surface area contributed by atoms with Crippen LogP contribution in [0.3, 0.4) is 0 Å². The lowest BCUT2D eigenvalue weighted by atomic mass is 10.0. The molecule has 4 aromatic carbocycles. The minimum atomic E-state index is 0.0302. The number of fused-ring (bicyclic) bond motifs is 1. The zero-order chi connectivity index (χ0) is 27.0. The summed E-state index contributed by atoms with van der Waals surface area (Å²) >= 11 is 6.14. The molecule has 5 nitrogen and oxygen atoms in total. The van der Waals surface area contributed by atoms with E-state index in [4.69, 9.17) is 21.3 Å². The first-order valence-electron chi connectivity index (χ1n) is 13.3. The van der Waals surface area contributed by atoms with Crippen molar-refractivity contribution in [1.82, 2.24) is 14.9 Å². The molecule has 0 atom stereocenters. The molecule has 39 heavy (non-hydrogen) atoms. The van der Waals surface area contributed by atoms with Gasteiger partial charge >= 0.3 is 0 Å². The number of ether oxygens (including phenoxy) is 1. The van der Waals surface area contributed by atoms with E-state index in [1.807, 2.05) is 73.7 Å². The average Bonchev–Trinajstić information content (AvgIpc) is 3.31. The fourth-order valence-corrected chi connectivity index (χ4v) is 4.81. The molecule has 0 aliphatic heterocycles. The Hall–Kier alpha value is -4.09. The number of imidazole rings is 1. The second kappa shape index (κ2) is 12.6. The third-order valence-electron chi connectivity index (χ3n) is 6.77. The second-order valence-electron chi connectivity index (χ2n) is 9.62. The number of rotatable bonds is 11. The number of carbonyl (C=O) groups excluding carboxylic acids is 1. The highest BCUT2D eigenvalue weighted by atomic mass is 35.5.